The Labute approximate surface area is 302 Å². The third kappa shape index (κ3) is 8.68. The Morgan fingerprint density at radius 3 is 2.41 bits per heavy atom. The topological polar surface area (TPSA) is 86.8 Å². The van der Waals surface area contributed by atoms with Crippen molar-refractivity contribution in [3.05, 3.63) is 131 Å². The molecule has 0 saturated carbocycles. The van der Waals surface area contributed by atoms with Gasteiger partial charge < -0.3 is 29.6 Å². The molecule has 5 aromatic carbocycles. The maximum Gasteiger partial charge on any atom is 0.165 e. The van der Waals surface area contributed by atoms with Gasteiger partial charge in [-0.15, -0.1) is 0 Å². The van der Waals surface area contributed by atoms with Crippen LogP contribution in [0.4, 0.5) is 15.9 Å². The van der Waals surface area contributed by atoms with Gasteiger partial charge in [0.2, 0.25) is 0 Å². The predicted molar refractivity (Wildman–Crippen MR) is 201 cm³/mol. The smallest absolute Gasteiger partial charge is 0.165 e. The van der Waals surface area contributed by atoms with Crippen LogP contribution < -0.4 is 29.6 Å². The van der Waals surface area contributed by atoms with Crippen LogP contribution in [-0.2, 0) is 13.2 Å². The average molecular weight is 707 g/mol. The summed E-state index contributed by atoms with van der Waals surface area (Å²) in [5.74, 6) is 2.51. The highest BCUT2D eigenvalue weighted by Crippen LogP contribution is 2.36. The van der Waals surface area contributed by atoms with Gasteiger partial charge in [0.25, 0.3) is 0 Å². The third-order valence-corrected chi connectivity index (χ3v) is 8.92. The van der Waals surface area contributed by atoms with Crippen molar-refractivity contribution in [3.8, 4) is 34.1 Å². The molecule has 6 aromatic rings. The van der Waals surface area contributed by atoms with Crippen LogP contribution in [-0.4, -0.2) is 37.3 Å². The molecule has 10 heteroatoms. The van der Waals surface area contributed by atoms with Crippen molar-refractivity contribution in [1.29, 1.82) is 0 Å². The number of methoxy groups -OCH3 is 2. The van der Waals surface area contributed by atoms with Gasteiger partial charge in [-0.1, -0.05) is 72.3 Å². The molecular weight excluding hydrogens is 667 g/mol. The number of halogens is 2. The van der Waals surface area contributed by atoms with E-state index in [4.69, 9.17) is 30.5 Å². The number of anilines is 2. The number of ether oxygens (including phenoxy) is 4. The van der Waals surface area contributed by atoms with Gasteiger partial charge in [-0.3, -0.25) is 0 Å². The first-order valence-corrected chi connectivity index (χ1v) is 17.1. The van der Waals surface area contributed by atoms with Crippen LogP contribution in [0.15, 0.2) is 103 Å². The van der Waals surface area contributed by atoms with Crippen molar-refractivity contribution in [3.63, 3.8) is 0 Å². The fourth-order valence-electron chi connectivity index (χ4n) is 5.81. The minimum atomic E-state index is -0.555. The van der Waals surface area contributed by atoms with Crippen molar-refractivity contribution in [2.75, 3.05) is 32.7 Å². The molecule has 0 saturated heterocycles. The predicted octanol–water partition coefficient (Wildman–Crippen LogP) is 9.69. The Balaban J connectivity index is 0.989. The summed E-state index contributed by atoms with van der Waals surface area (Å²) in [6.07, 6.45) is 3.11. The molecule has 0 spiro atoms. The molecule has 0 aliphatic heterocycles. The number of hydrogen-bond donors (Lipinski definition) is 2. The van der Waals surface area contributed by atoms with Gasteiger partial charge in [0.05, 0.1) is 37.1 Å². The van der Waals surface area contributed by atoms with E-state index < -0.39 is 5.82 Å². The molecule has 0 aliphatic carbocycles. The Morgan fingerprint density at radius 1 is 0.765 bits per heavy atom. The van der Waals surface area contributed by atoms with E-state index in [0.29, 0.717) is 48.0 Å². The minimum absolute atomic E-state index is 0.0212. The molecule has 6 rings (SSSR count). The summed E-state index contributed by atoms with van der Waals surface area (Å²) in [4.78, 5) is 8.68. The van der Waals surface area contributed by atoms with Crippen molar-refractivity contribution >= 4 is 34.0 Å². The Morgan fingerprint density at radius 2 is 1.59 bits per heavy atom. The highest BCUT2D eigenvalue weighted by Gasteiger charge is 2.14. The van der Waals surface area contributed by atoms with Gasteiger partial charge >= 0.3 is 0 Å². The van der Waals surface area contributed by atoms with Gasteiger partial charge in [0.1, 0.15) is 30.3 Å². The Kier molecular flexibility index (Phi) is 11.8. The highest BCUT2D eigenvalue weighted by atomic mass is 35.5. The zero-order chi connectivity index (χ0) is 35.6. The van der Waals surface area contributed by atoms with Crippen molar-refractivity contribution < 1.29 is 23.3 Å². The van der Waals surface area contributed by atoms with E-state index in [9.17, 15) is 4.39 Å². The molecule has 0 bridgehead atoms. The molecule has 51 heavy (non-hydrogen) atoms. The Bertz CT molecular complexity index is 2100. The molecule has 0 radical (unpaired) electrons. The van der Waals surface area contributed by atoms with Crippen molar-refractivity contribution in [2.45, 2.75) is 32.9 Å². The molecule has 0 fully saturated rings. The summed E-state index contributed by atoms with van der Waals surface area (Å²) >= 11 is 5.97. The standard InChI is InChI=1S/C41H40ClFN4O4/c1-27-30(13-9-14-32(27)28-11-5-4-6-12-28)25-51-31-18-17-29(37(21-31)48-2)24-44-19-7-8-20-50-39-22-33-36(23-38(39)49-3)45-26-46-41(33)47-35-16-10-15-34(42)40(35)43/h4-6,9-18,21-23,26,44H,7-8,19-20,24-25H2,1-3H3,(H,45,46,47). The van der Waals surface area contributed by atoms with Crippen LogP contribution in [0.3, 0.4) is 0 Å². The van der Waals surface area contributed by atoms with E-state index in [2.05, 4.69) is 70.0 Å². The molecule has 1 aromatic heterocycles. The number of hydrogen-bond acceptors (Lipinski definition) is 8. The molecule has 0 unspecified atom stereocenters. The molecule has 0 aliphatic rings. The largest absolute Gasteiger partial charge is 0.496 e. The number of nitrogens with one attached hydrogen (secondary N) is 2. The molecular formula is C41H40ClFN4O4. The second kappa shape index (κ2) is 17.0. The SMILES string of the molecule is COc1cc(OCc2cccc(-c3ccccc3)c2C)ccc1CNCCCCOc1cc2c(Nc3cccc(Cl)c3F)ncnc2cc1OC. The van der Waals surface area contributed by atoms with E-state index in [1.54, 1.807) is 38.5 Å². The summed E-state index contributed by atoms with van der Waals surface area (Å²) in [5.41, 5.74) is 6.65. The number of unbranched alkanes of at least 4 members (excludes halogenated alkanes) is 1. The second-order valence-corrected chi connectivity index (χ2v) is 12.3. The summed E-state index contributed by atoms with van der Waals surface area (Å²) in [6.45, 7) is 4.54. The Hall–Kier alpha value is -5.38. The molecule has 8 nitrogen and oxygen atoms in total. The molecule has 1 heterocycles. The van der Waals surface area contributed by atoms with Gasteiger partial charge in [0.15, 0.2) is 17.3 Å². The third-order valence-electron chi connectivity index (χ3n) is 8.63. The number of benzene rings is 5. The van der Waals surface area contributed by atoms with E-state index in [1.807, 2.05) is 24.3 Å². The van der Waals surface area contributed by atoms with Crippen LogP contribution in [0, 0.1) is 12.7 Å². The maximum absolute atomic E-state index is 14.6. The van der Waals surface area contributed by atoms with Crippen LogP contribution in [0.25, 0.3) is 22.0 Å². The number of nitrogens with zero attached hydrogens (tertiary/aromatic N) is 2. The number of aromatic nitrogens is 2. The fraction of sp³-hybridized carbons (Fsp3) is 0.220. The van der Waals surface area contributed by atoms with E-state index in [0.717, 1.165) is 42.0 Å². The lowest BCUT2D eigenvalue weighted by atomic mass is 9.97. The summed E-state index contributed by atoms with van der Waals surface area (Å²) in [5, 5.41) is 7.21. The minimum Gasteiger partial charge on any atom is -0.496 e. The van der Waals surface area contributed by atoms with Crippen molar-refractivity contribution in [1.82, 2.24) is 15.3 Å². The van der Waals surface area contributed by atoms with Gasteiger partial charge in [-0.2, -0.15) is 0 Å². The number of rotatable bonds is 16. The summed E-state index contributed by atoms with van der Waals surface area (Å²) < 4.78 is 38.2. The van der Waals surface area contributed by atoms with Gasteiger partial charge in [0, 0.05) is 29.6 Å². The zero-order valence-electron chi connectivity index (χ0n) is 28.8. The highest BCUT2D eigenvalue weighted by molar-refractivity contribution is 6.31. The van der Waals surface area contributed by atoms with E-state index >= 15 is 0 Å². The average Bonchev–Trinajstić information content (AvgIpc) is 3.16. The van der Waals surface area contributed by atoms with E-state index in [-0.39, 0.29) is 10.7 Å². The van der Waals surface area contributed by atoms with Gasteiger partial charge in [-0.05, 0) is 72.8 Å². The first kappa shape index (κ1) is 35.4. The molecule has 0 amide bonds. The zero-order valence-corrected chi connectivity index (χ0v) is 29.6. The summed E-state index contributed by atoms with van der Waals surface area (Å²) in [7, 11) is 3.26. The number of fused-ring (bicyclic) bond motifs is 1. The lowest BCUT2D eigenvalue weighted by Crippen LogP contribution is -2.16. The fourth-order valence-corrected chi connectivity index (χ4v) is 5.99. The second-order valence-electron chi connectivity index (χ2n) is 11.9. The molecule has 0 atom stereocenters. The lowest BCUT2D eigenvalue weighted by Gasteiger charge is -2.15. The quantitative estimate of drug-likeness (QED) is 0.0963. The lowest BCUT2D eigenvalue weighted by molar-refractivity contribution is 0.286. The summed E-state index contributed by atoms with van der Waals surface area (Å²) in [6, 6.07) is 31.0. The monoisotopic (exact) mass is 706 g/mol. The van der Waals surface area contributed by atoms with Crippen LogP contribution in [0.1, 0.15) is 29.5 Å². The molecule has 2 N–H and O–H groups in total. The molecule has 262 valence electrons. The van der Waals surface area contributed by atoms with Crippen molar-refractivity contribution in [2.24, 2.45) is 0 Å². The first-order chi connectivity index (χ1) is 24.9. The first-order valence-electron chi connectivity index (χ1n) is 16.8. The van der Waals surface area contributed by atoms with Crippen LogP contribution in [0.2, 0.25) is 5.02 Å². The van der Waals surface area contributed by atoms with E-state index in [1.165, 1.54) is 29.1 Å². The van der Waals surface area contributed by atoms with Gasteiger partial charge in [-0.25, -0.2) is 14.4 Å². The normalized spacial score (nSPS) is 11.0. The van der Waals surface area contributed by atoms with Crippen LogP contribution >= 0.6 is 11.6 Å². The maximum atomic E-state index is 14.6. The van der Waals surface area contributed by atoms with Crippen LogP contribution in [0.5, 0.6) is 23.0 Å².